The number of hydrogen-bond donors (Lipinski definition) is 0. The van der Waals surface area contributed by atoms with Crippen molar-refractivity contribution >= 4 is 23.8 Å². The standard InChI is InChI=1S/C12H14N2O2S/c1-13(2)17-8-7-14-11(15)9-5-3-4-6-10(9)12(14)16/h3-6H,7-8H2,1-2H3. The van der Waals surface area contributed by atoms with Crippen molar-refractivity contribution in [3.05, 3.63) is 35.4 Å². The number of fused-ring (bicyclic) bond motifs is 1. The average molecular weight is 250 g/mol. The molecule has 4 nitrogen and oxygen atoms in total. The first-order valence-electron chi connectivity index (χ1n) is 5.36. The van der Waals surface area contributed by atoms with E-state index in [1.165, 1.54) is 4.90 Å². The van der Waals surface area contributed by atoms with Crippen LogP contribution in [0.25, 0.3) is 0 Å². The molecular weight excluding hydrogens is 236 g/mol. The molecule has 0 aliphatic carbocycles. The van der Waals surface area contributed by atoms with Gasteiger partial charge in [0.05, 0.1) is 11.1 Å². The summed E-state index contributed by atoms with van der Waals surface area (Å²) in [5, 5.41) is 0. The molecule has 0 unspecified atom stereocenters. The number of carbonyl (C=O) groups excluding carboxylic acids is 2. The summed E-state index contributed by atoms with van der Waals surface area (Å²) in [5.74, 6) is 0.369. The van der Waals surface area contributed by atoms with Crippen molar-refractivity contribution in [1.29, 1.82) is 0 Å². The minimum atomic E-state index is -0.176. The number of imide groups is 1. The fourth-order valence-corrected chi connectivity index (χ4v) is 2.39. The third-order valence-corrected chi connectivity index (χ3v) is 3.42. The van der Waals surface area contributed by atoms with E-state index in [9.17, 15) is 9.59 Å². The summed E-state index contributed by atoms with van der Waals surface area (Å²) in [6.45, 7) is 0.454. The second-order valence-electron chi connectivity index (χ2n) is 3.95. The third-order valence-electron chi connectivity index (χ3n) is 2.54. The van der Waals surface area contributed by atoms with E-state index in [-0.39, 0.29) is 11.8 Å². The number of nitrogens with zero attached hydrogens (tertiary/aromatic N) is 2. The Morgan fingerprint density at radius 2 is 1.65 bits per heavy atom. The molecule has 2 amide bonds. The molecule has 0 fully saturated rings. The summed E-state index contributed by atoms with van der Waals surface area (Å²) in [4.78, 5) is 25.3. The first kappa shape index (κ1) is 12.1. The molecule has 0 spiro atoms. The van der Waals surface area contributed by atoms with E-state index in [1.807, 2.05) is 18.4 Å². The maximum Gasteiger partial charge on any atom is 0.261 e. The molecular formula is C12H14N2O2S. The van der Waals surface area contributed by atoms with Crippen LogP contribution in [0.2, 0.25) is 0 Å². The van der Waals surface area contributed by atoms with Crippen LogP contribution in [0.4, 0.5) is 0 Å². The Labute approximate surface area is 105 Å². The highest BCUT2D eigenvalue weighted by Gasteiger charge is 2.34. The van der Waals surface area contributed by atoms with Crippen molar-refractivity contribution in [2.24, 2.45) is 0 Å². The van der Waals surface area contributed by atoms with Gasteiger partial charge in [0.1, 0.15) is 0 Å². The molecule has 0 radical (unpaired) electrons. The fraction of sp³-hybridized carbons (Fsp3) is 0.333. The molecule has 1 heterocycles. The van der Waals surface area contributed by atoms with Crippen molar-refractivity contribution < 1.29 is 9.59 Å². The number of rotatable bonds is 4. The monoisotopic (exact) mass is 250 g/mol. The number of carbonyl (C=O) groups is 2. The smallest absolute Gasteiger partial charge is 0.261 e. The van der Waals surface area contributed by atoms with E-state index in [1.54, 1.807) is 36.2 Å². The maximum atomic E-state index is 12.0. The molecule has 5 heteroatoms. The third kappa shape index (κ3) is 2.35. The van der Waals surface area contributed by atoms with Crippen LogP contribution in [0.15, 0.2) is 24.3 Å². The summed E-state index contributed by atoms with van der Waals surface area (Å²) >= 11 is 1.59. The molecule has 1 aliphatic heterocycles. The van der Waals surface area contributed by atoms with Gasteiger partial charge in [-0.05, 0) is 26.2 Å². The zero-order valence-corrected chi connectivity index (χ0v) is 10.7. The highest BCUT2D eigenvalue weighted by molar-refractivity contribution is 7.97. The predicted octanol–water partition coefficient (Wildman–Crippen LogP) is 1.49. The van der Waals surface area contributed by atoms with Gasteiger partial charge in [-0.15, -0.1) is 0 Å². The van der Waals surface area contributed by atoms with Gasteiger partial charge in [-0.2, -0.15) is 0 Å². The lowest BCUT2D eigenvalue weighted by Crippen LogP contribution is -2.32. The highest BCUT2D eigenvalue weighted by Crippen LogP contribution is 2.22. The zero-order chi connectivity index (χ0) is 12.4. The number of hydrogen-bond acceptors (Lipinski definition) is 4. The Kier molecular flexibility index (Phi) is 3.49. The summed E-state index contributed by atoms with van der Waals surface area (Å²) in [5.41, 5.74) is 1.04. The lowest BCUT2D eigenvalue weighted by molar-refractivity contribution is 0.0664. The van der Waals surface area contributed by atoms with Gasteiger partial charge in [-0.25, -0.2) is 0 Å². The maximum absolute atomic E-state index is 12.0. The van der Waals surface area contributed by atoms with Crippen molar-refractivity contribution in [3.8, 4) is 0 Å². The SMILES string of the molecule is CN(C)SCCN1C(=O)c2ccccc2C1=O. The summed E-state index contributed by atoms with van der Waals surface area (Å²) in [6.07, 6.45) is 0. The molecule has 1 aliphatic rings. The largest absolute Gasteiger partial charge is 0.273 e. The topological polar surface area (TPSA) is 40.6 Å². The van der Waals surface area contributed by atoms with Gasteiger partial charge in [-0.1, -0.05) is 24.1 Å². The van der Waals surface area contributed by atoms with Crippen LogP contribution in [0.5, 0.6) is 0 Å². The van der Waals surface area contributed by atoms with E-state index < -0.39 is 0 Å². The quantitative estimate of drug-likeness (QED) is 0.599. The first-order chi connectivity index (χ1) is 8.11. The van der Waals surface area contributed by atoms with E-state index in [2.05, 4.69) is 0 Å². The second-order valence-corrected chi connectivity index (χ2v) is 5.35. The van der Waals surface area contributed by atoms with Crippen molar-refractivity contribution in [1.82, 2.24) is 9.21 Å². The fourth-order valence-electron chi connectivity index (χ4n) is 1.76. The first-order valence-corrected chi connectivity index (χ1v) is 6.31. The molecule has 0 bridgehead atoms. The van der Waals surface area contributed by atoms with Crippen LogP contribution in [-0.4, -0.2) is 47.4 Å². The van der Waals surface area contributed by atoms with Gasteiger partial charge in [0.2, 0.25) is 0 Å². The Morgan fingerprint density at radius 3 is 2.12 bits per heavy atom. The van der Waals surface area contributed by atoms with Gasteiger partial charge in [0.15, 0.2) is 0 Å². The molecule has 2 rings (SSSR count). The van der Waals surface area contributed by atoms with E-state index >= 15 is 0 Å². The van der Waals surface area contributed by atoms with Crippen molar-refractivity contribution in [2.45, 2.75) is 0 Å². The molecule has 1 aromatic carbocycles. The lowest BCUT2D eigenvalue weighted by Gasteiger charge is -2.15. The van der Waals surface area contributed by atoms with Gasteiger partial charge < -0.3 is 0 Å². The molecule has 0 saturated carbocycles. The Balaban J connectivity index is 2.08. The molecule has 90 valence electrons. The van der Waals surface area contributed by atoms with Gasteiger partial charge >= 0.3 is 0 Å². The van der Waals surface area contributed by atoms with Gasteiger partial charge in [-0.3, -0.25) is 18.8 Å². The Morgan fingerprint density at radius 1 is 1.12 bits per heavy atom. The van der Waals surface area contributed by atoms with E-state index in [0.717, 1.165) is 5.75 Å². The molecule has 0 N–H and O–H groups in total. The number of amides is 2. The van der Waals surface area contributed by atoms with E-state index in [0.29, 0.717) is 17.7 Å². The van der Waals surface area contributed by atoms with Crippen LogP contribution >= 0.6 is 11.9 Å². The molecule has 17 heavy (non-hydrogen) atoms. The Bertz CT molecular complexity index is 425. The van der Waals surface area contributed by atoms with Gasteiger partial charge in [0, 0.05) is 12.3 Å². The Hall–Kier alpha value is -1.33. The predicted molar refractivity (Wildman–Crippen MR) is 68.0 cm³/mol. The zero-order valence-electron chi connectivity index (χ0n) is 9.84. The summed E-state index contributed by atoms with van der Waals surface area (Å²) in [7, 11) is 3.88. The number of benzene rings is 1. The molecule has 1 aromatic rings. The van der Waals surface area contributed by atoms with Crippen LogP contribution in [0.3, 0.4) is 0 Å². The van der Waals surface area contributed by atoms with Crippen LogP contribution in [-0.2, 0) is 0 Å². The molecule has 0 aromatic heterocycles. The highest BCUT2D eigenvalue weighted by atomic mass is 32.2. The minimum absolute atomic E-state index is 0.176. The second kappa shape index (κ2) is 4.89. The summed E-state index contributed by atoms with van der Waals surface area (Å²) in [6, 6.07) is 6.97. The van der Waals surface area contributed by atoms with Crippen LogP contribution in [0.1, 0.15) is 20.7 Å². The van der Waals surface area contributed by atoms with E-state index in [4.69, 9.17) is 0 Å². The normalized spacial score (nSPS) is 14.6. The molecule has 0 saturated heterocycles. The summed E-state index contributed by atoms with van der Waals surface area (Å²) < 4.78 is 1.96. The van der Waals surface area contributed by atoms with Gasteiger partial charge in [0.25, 0.3) is 11.8 Å². The minimum Gasteiger partial charge on any atom is -0.273 e. The van der Waals surface area contributed by atoms with Crippen molar-refractivity contribution in [3.63, 3.8) is 0 Å². The molecule has 0 atom stereocenters. The lowest BCUT2D eigenvalue weighted by atomic mass is 10.1. The van der Waals surface area contributed by atoms with Crippen LogP contribution < -0.4 is 0 Å². The average Bonchev–Trinajstić information content (AvgIpc) is 2.54. The van der Waals surface area contributed by atoms with Crippen LogP contribution in [0, 0.1) is 0 Å². The van der Waals surface area contributed by atoms with Crippen molar-refractivity contribution in [2.75, 3.05) is 26.4 Å².